The number of hydrogen-bond donors (Lipinski definition) is 3. The molecule has 0 saturated carbocycles. The van der Waals surface area contributed by atoms with Crippen molar-refractivity contribution in [3.05, 3.63) is 29.8 Å². The first-order valence-corrected chi connectivity index (χ1v) is 9.19. The minimum atomic E-state index is -0.0885. The van der Waals surface area contributed by atoms with E-state index in [1.807, 2.05) is 31.2 Å². The number of carbonyl (C=O) groups excluding carboxylic acids is 1. The molecule has 5 nitrogen and oxygen atoms in total. The Morgan fingerprint density at radius 2 is 1.84 bits per heavy atom. The summed E-state index contributed by atoms with van der Waals surface area (Å²) in [4.78, 5) is 12.1. The Morgan fingerprint density at radius 1 is 1.20 bits per heavy atom. The topological polar surface area (TPSA) is 62.4 Å². The third kappa shape index (κ3) is 6.58. The summed E-state index contributed by atoms with van der Waals surface area (Å²) in [6, 6.07) is 8.07. The molecule has 1 aliphatic heterocycles. The van der Waals surface area contributed by atoms with Crippen LogP contribution in [0, 0.1) is 6.92 Å². The molecule has 2 rings (SSSR count). The minimum Gasteiger partial charge on any atom is -0.493 e. The average molecular weight is 348 g/mol. The standard InChI is InChI=1S/C20H33N3O2/c1-15-9-6-7-10-17(15)25-12-8-11-21-18(24)22-16-13-19(2,3)23-20(4,5)14-16/h6-7,9-10,16,23H,8,11-14H2,1-5H3,(H2,21,22,24). The predicted molar refractivity (Wildman–Crippen MR) is 102 cm³/mol. The molecule has 25 heavy (non-hydrogen) atoms. The maximum Gasteiger partial charge on any atom is 0.315 e. The monoisotopic (exact) mass is 347 g/mol. The molecule has 0 aliphatic carbocycles. The number of benzene rings is 1. The van der Waals surface area contributed by atoms with Crippen LogP contribution in [0.3, 0.4) is 0 Å². The van der Waals surface area contributed by atoms with E-state index in [9.17, 15) is 4.79 Å². The Hall–Kier alpha value is -1.75. The third-order valence-electron chi connectivity index (χ3n) is 4.48. The van der Waals surface area contributed by atoms with Crippen LogP contribution in [0.5, 0.6) is 5.75 Å². The number of hydrogen-bond acceptors (Lipinski definition) is 3. The number of para-hydroxylation sites is 1. The fourth-order valence-electron chi connectivity index (χ4n) is 3.84. The molecule has 1 aromatic carbocycles. The molecule has 0 spiro atoms. The van der Waals surface area contributed by atoms with Crippen LogP contribution in [-0.4, -0.2) is 36.3 Å². The Bertz CT molecular complexity index is 568. The Morgan fingerprint density at radius 3 is 2.48 bits per heavy atom. The second-order valence-corrected chi connectivity index (χ2v) is 8.37. The fraction of sp³-hybridized carbons (Fsp3) is 0.650. The van der Waals surface area contributed by atoms with Crippen molar-refractivity contribution >= 4 is 6.03 Å². The van der Waals surface area contributed by atoms with Crippen molar-refractivity contribution in [1.82, 2.24) is 16.0 Å². The average Bonchev–Trinajstić information content (AvgIpc) is 2.45. The summed E-state index contributed by atoms with van der Waals surface area (Å²) in [6.45, 7) is 12.0. The highest BCUT2D eigenvalue weighted by molar-refractivity contribution is 5.74. The van der Waals surface area contributed by atoms with Crippen LogP contribution in [0.2, 0.25) is 0 Å². The van der Waals surface area contributed by atoms with Crippen molar-refractivity contribution in [3.8, 4) is 5.75 Å². The zero-order valence-electron chi connectivity index (χ0n) is 16.2. The van der Waals surface area contributed by atoms with Gasteiger partial charge in [0, 0.05) is 23.7 Å². The Labute approximate surface area is 151 Å². The van der Waals surface area contributed by atoms with Gasteiger partial charge in [-0.25, -0.2) is 4.79 Å². The second-order valence-electron chi connectivity index (χ2n) is 8.37. The highest BCUT2D eigenvalue weighted by Crippen LogP contribution is 2.28. The largest absolute Gasteiger partial charge is 0.493 e. The Balaban J connectivity index is 1.66. The van der Waals surface area contributed by atoms with Gasteiger partial charge in [-0.15, -0.1) is 0 Å². The van der Waals surface area contributed by atoms with E-state index in [0.717, 1.165) is 30.6 Å². The summed E-state index contributed by atoms with van der Waals surface area (Å²) >= 11 is 0. The molecule has 2 amide bonds. The normalized spacial score (nSPS) is 19.2. The number of rotatable bonds is 6. The maximum absolute atomic E-state index is 12.1. The molecule has 1 saturated heterocycles. The molecule has 3 N–H and O–H groups in total. The molecule has 0 radical (unpaired) electrons. The van der Waals surface area contributed by atoms with E-state index in [1.165, 1.54) is 0 Å². The van der Waals surface area contributed by atoms with E-state index in [-0.39, 0.29) is 23.2 Å². The number of urea groups is 1. The van der Waals surface area contributed by atoms with E-state index in [4.69, 9.17) is 4.74 Å². The molecule has 0 aromatic heterocycles. The van der Waals surface area contributed by atoms with Gasteiger partial charge >= 0.3 is 6.03 Å². The molecule has 1 aromatic rings. The van der Waals surface area contributed by atoms with Gasteiger partial charge in [0.15, 0.2) is 0 Å². The van der Waals surface area contributed by atoms with Gasteiger partial charge in [0.05, 0.1) is 6.61 Å². The summed E-state index contributed by atoms with van der Waals surface area (Å²) in [5.41, 5.74) is 1.19. The maximum atomic E-state index is 12.1. The fourth-order valence-corrected chi connectivity index (χ4v) is 3.84. The Kier molecular flexibility index (Phi) is 6.33. The first-order chi connectivity index (χ1) is 11.7. The van der Waals surface area contributed by atoms with Gasteiger partial charge in [0.25, 0.3) is 0 Å². The van der Waals surface area contributed by atoms with Crippen LogP contribution in [0.15, 0.2) is 24.3 Å². The molecule has 140 valence electrons. The summed E-state index contributed by atoms with van der Waals surface area (Å²) in [5.74, 6) is 0.908. The summed E-state index contributed by atoms with van der Waals surface area (Å²) in [7, 11) is 0. The van der Waals surface area contributed by atoms with Gasteiger partial charge in [-0.1, -0.05) is 18.2 Å². The van der Waals surface area contributed by atoms with Gasteiger partial charge in [-0.05, 0) is 65.5 Å². The lowest BCUT2D eigenvalue weighted by molar-refractivity contribution is 0.147. The van der Waals surface area contributed by atoms with Gasteiger partial charge in [0.1, 0.15) is 5.75 Å². The number of aryl methyl sites for hydroxylation is 1. The van der Waals surface area contributed by atoms with Gasteiger partial charge in [-0.2, -0.15) is 0 Å². The van der Waals surface area contributed by atoms with Crippen molar-refractivity contribution in [3.63, 3.8) is 0 Å². The molecule has 1 heterocycles. The minimum absolute atomic E-state index is 0.0288. The van der Waals surface area contributed by atoms with Crippen LogP contribution >= 0.6 is 0 Å². The lowest BCUT2D eigenvalue weighted by atomic mass is 9.80. The third-order valence-corrected chi connectivity index (χ3v) is 4.48. The van der Waals surface area contributed by atoms with Gasteiger partial charge < -0.3 is 20.7 Å². The SMILES string of the molecule is Cc1ccccc1OCCCNC(=O)NC1CC(C)(C)NC(C)(C)C1. The van der Waals surface area contributed by atoms with Gasteiger partial charge in [0.2, 0.25) is 0 Å². The predicted octanol–water partition coefficient (Wildman–Crippen LogP) is 3.37. The van der Waals surface area contributed by atoms with Crippen LogP contribution in [0.4, 0.5) is 4.79 Å². The molecular formula is C20H33N3O2. The molecule has 0 bridgehead atoms. The van der Waals surface area contributed by atoms with Crippen molar-refractivity contribution in [2.24, 2.45) is 0 Å². The van der Waals surface area contributed by atoms with Crippen molar-refractivity contribution in [2.45, 2.75) is 71.0 Å². The zero-order chi connectivity index (χ0) is 18.5. The number of carbonyl (C=O) groups is 1. The van der Waals surface area contributed by atoms with Crippen molar-refractivity contribution in [1.29, 1.82) is 0 Å². The lowest BCUT2D eigenvalue weighted by Crippen LogP contribution is -2.62. The molecule has 0 atom stereocenters. The van der Waals surface area contributed by atoms with E-state index < -0.39 is 0 Å². The van der Waals surface area contributed by atoms with Crippen LogP contribution in [0.25, 0.3) is 0 Å². The van der Waals surface area contributed by atoms with Gasteiger partial charge in [-0.3, -0.25) is 0 Å². The van der Waals surface area contributed by atoms with Crippen LogP contribution in [0.1, 0.15) is 52.5 Å². The molecule has 0 unspecified atom stereocenters. The second kappa shape index (κ2) is 8.09. The molecule has 1 aliphatic rings. The van der Waals surface area contributed by atoms with E-state index in [2.05, 4.69) is 43.6 Å². The van der Waals surface area contributed by atoms with Crippen LogP contribution < -0.4 is 20.7 Å². The van der Waals surface area contributed by atoms with E-state index in [0.29, 0.717) is 13.2 Å². The smallest absolute Gasteiger partial charge is 0.315 e. The first-order valence-electron chi connectivity index (χ1n) is 9.19. The van der Waals surface area contributed by atoms with Crippen molar-refractivity contribution in [2.75, 3.05) is 13.2 Å². The number of amides is 2. The lowest BCUT2D eigenvalue weighted by Gasteiger charge is -2.46. The highest BCUT2D eigenvalue weighted by Gasteiger charge is 2.38. The number of nitrogens with one attached hydrogen (secondary N) is 3. The number of ether oxygens (including phenoxy) is 1. The summed E-state index contributed by atoms with van der Waals surface area (Å²) in [6.07, 6.45) is 2.64. The van der Waals surface area contributed by atoms with Crippen LogP contribution in [-0.2, 0) is 0 Å². The van der Waals surface area contributed by atoms with Crippen molar-refractivity contribution < 1.29 is 9.53 Å². The van der Waals surface area contributed by atoms with E-state index in [1.54, 1.807) is 0 Å². The first kappa shape index (κ1) is 19.6. The quantitative estimate of drug-likeness (QED) is 0.691. The highest BCUT2D eigenvalue weighted by atomic mass is 16.5. The number of piperidine rings is 1. The molecule has 5 heteroatoms. The molecular weight excluding hydrogens is 314 g/mol. The van der Waals surface area contributed by atoms with E-state index >= 15 is 0 Å². The molecule has 1 fully saturated rings. The zero-order valence-corrected chi connectivity index (χ0v) is 16.2. The summed E-state index contributed by atoms with van der Waals surface area (Å²) < 4.78 is 5.74. The summed E-state index contributed by atoms with van der Waals surface area (Å²) in [5, 5.41) is 9.68.